The molecular formula is C18H46O6. The van der Waals surface area contributed by atoms with Crippen molar-refractivity contribution in [3.05, 3.63) is 0 Å². The monoisotopic (exact) mass is 358 g/mol. The first-order valence-corrected chi connectivity index (χ1v) is 7.24. The molecule has 0 heterocycles. The summed E-state index contributed by atoms with van der Waals surface area (Å²) in [5.74, 6) is 0. The van der Waals surface area contributed by atoms with Crippen LogP contribution in [0.4, 0.5) is 0 Å². The Morgan fingerprint density at radius 2 is 0.792 bits per heavy atom. The molecule has 154 valence electrons. The summed E-state index contributed by atoms with van der Waals surface area (Å²) in [5.41, 5.74) is 0. The van der Waals surface area contributed by atoms with Crippen molar-refractivity contribution in [3.63, 3.8) is 0 Å². The van der Waals surface area contributed by atoms with Crippen molar-refractivity contribution < 1.29 is 28.4 Å². The van der Waals surface area contributed by atoms with Crippen molar-refractivity contribution in [1.82, 2.24) is 0 Å². The van der Waals surface area contributed by atoms with E-state index < -0.39 is 12.6 Å². The first-order valence-electron chi connectivity index (χ1n) is 7.24. The van der Waals surface area contributed by atoms with Crippen molar-refractivity contribution in [2.75, 3.05) is 53.9 Å². The van der Waals surface area contributed by atoms with Gasteiger partial charge < -0.3 is 28.4 Å². The first-order chi connectivity index (χ1) is 9.79. The zero-order valence-electron chi connectivity index (χ0n) is 13.3. The molecule has 0 unspecified atom stereocenters. The zero-order chi connectivity index (χ0) is 15.1. The Labute approximate surface area is 152 Å². The molecule has 0 aliphatic carbocycles. The highest BCUT2D eigenvalue weighted by molar-refractivity contribution is 4.53. The Kier molecular flexibility index (Phi) is 40.2. The molecule has 0 saturated carbocycles. The van der Waals surface area contributed by atoms with E-state index in [-0.39, 0.29) is 29.7 Å². The SMILES string of the molecule is C.C.C.C.CCCOC(OCCC)C(OCCOC)OCCOC. The summed E-state index contributed by atoms with van der Waals surface area (Å²) >= 11 is 0. The minimum Gasteiger partial charge on any atom is -0.382 e. The summed E-state index contributed by atoms with van der Waals surface area (Å²) in [6, 6.07) is 0. The Hall–Kier alpha value is -0.240. The highest BCUT2D eigenvalue weighted by atomic mass is 16.8. The second-order valence-corrected chi connectivity index (χ2v) is 4.21. The molecule has 0 radical (unpaired) electrons. The van der Waals surface area contributed by atoms with Gasteiger partial charge in [-0.15, -0.1) is 0 Å². The lowest BCUT2D eigenvalue weighted by Crippen LogP contribution is -2.38. The first kappa shape index (κ1) is 35.0. The maximum Gasteiger partial charge on any atom is 0.209 e. The van der Waals surface area contributed by atoms with Crippen LogP contribution in [0.25, 0.3) is 0 Å². The van der Waals surface area contributed by atoms with E-state index in [1.165, 1.54) is 0 Å². The summed E-state index contributed by atoms with van der Waals surface area (Å²) in [7, 11) is 3.26. The number of methoxy groups -OCH3 is 2. The van der Waals surface area contributed by atoms with E-state index in [0.29, 0.717) is 39.6 Å². The van der Waals surface area contributed by atoms with E-state index >= 15 is 0 Å². The molecule has 6 heteroatoms. The molecule has 0 amide bonds. The van der Waals surface area contributed by atoms with Gasteiger partial charge >= 0.3 is 0 Å². The van der Waals surface area contributed by atoms with Crippen LogP contribution < -0.4 is 0 Å². The third-order valence-electron chi connectivity index (χ3n) is 2.33. The molecule has 0 aromatic carbocycles. The quantitative estimate of drug-likeness (QED) is 0.320. The van der Waals surface area contributed by atoms with Crippen molar-refractivity contribution >= 4 is 0 Å². The Bertz CT molecular complexity index is 174. The predicted octanol–water partition coefficient (Wildman–Crippen LogP) is 4.36. The smallest absolute Gasteiger partial charge is 0.209 e. The lowest BCUT2D eigenvalue weighted by Gasteiger charge is -2.27. The van der Waals surface area contributed by atoms with Crippen LogP contribution in [0.3, 0.4) is 0 Å². The third kappa shape index (κ3) is 19.8. The summed E-state index contributed by atoms with van der Waals surface area (Å²) in [6.45, 7) is 7.15. The maximum atomic E-state index is 5.66. The molecular weight excluding hydrogens is 312 g/mol. The van der Waals surface area contributed by atoms with Gasteiger partial charge in [-0.3, -0.25) is 0 Å². The van der Waals surface area contributed by atoms with Gasteiger partial charge in [0.25, 0.3) is 0 Å². The van der Waals surface area contributed by atoms with Gasteiger partial charge in [0.15, 0.2) is 0 Å². The molecule has 0 aliphatic heterocycles. The van der Waals surface area contributed by atoms with Crippen molar-refractivity contribution in [2.45, 2.75) is 69.0 Å². The maximum absolute atomic E-state index is 5.66. The standard InChI is InChI=1S/C14H30O6.4CH4/c1-5-7-17-13(18-8-6-2)14(19-11-9-15-3)20-12-10-16-4;;;;/h13-14H,5-12H2,1-4H3;4*1H4. The van der Waals surface area contributed by atoms with Gasteiger partial charge in [0.05, 0.1) is 26.4 Å². The molecule has 0 N–H and O–H groups in total. The van der Waals surface area contributed by atoms with E-state index in [0.717, 1.165) is 12.8 Å². The lowest BCUT2D eigenvalue weighted by molar-refractivity contribution is -0.289. The number of ether oxygens (including phenoxy) is 6. The molecule has 0 fully saturated rings. The Morgan fingerprint density at radius 3 is 1.04 bits per heavy atom. The molecule has 24 heavy (non-hydrogen) atoms. The number of hydrogen-bond acceptors (Lipinski definition) is 6. The molecule has 0 aromatic heterocycles. The van der Waals surface area contributed by atoms with Crippen molar-refractivity contribution in [3.8, 4) is 0 Å². The van der Waals surface area contributed by atoms with E-state index in [1.807, 2.05) is 13.8 Å². The summed E-state index contributed by atoms with van der Waals surface area (Å²) in [4.78, 5) is 0. The number of hydrogen-bond donors (Lipinski definition) is 0. The summed E-state index contributed by atoms with van der Waals surface area (Å²) < 4.78 is 32.5. The summed E-state index contributed by atoms with van der Waals surface area (Å²) in [6.07, 6.45) is 0.728. The molecule has 0 spiro atoms. The predicted molar refractivity (Wildman–Crippen MR) is 103 cm³/mol. The molecule has 0 saturated heterocycles. The average molecular weight is 359 g/mol. The molecule has 0 aliphatic rings. The fourth-order valence-corrected chi connectivity index (χ4v) is 1.37. The van der Waals surface area contributed by atoms with Gasteiger partial charge in [-0.25, -0.2) is 0 Å². The van der Waals surface area contributed by atoms with Crippen LogP contribution in [-0.2, 0) is 28.4 Å². The van der Waals surface area contributed by atoms with Crippen LogP contribution in [0.15, 0.2) is 0 Å². The van der Waals surface area contributed by atoms with Gasteiger partial charge in [-0.2, -0.15) is 0 Å². The zero-order valence-corrected chi connectivity index (χ0v) is 13.3. The second-order valence-electron chi connectivity index (χ2n) is 4.21. The third-order valence-corrected chi connectivity index (χ3v) is 2.33. The fourth-order valence-electron chi connectivity index (χ4n) is 1.37. The van der Waals surface area contributed by atoms with E-state index in [4.69, 9.17) is 28.4 Å². The highest BCUT2D eigenvalue weighted by Gasteiger charge is 2.24. The molecule has 0 rings (SSSR count). The minimum absolute atomic E-state index is 0. The number of rotatable bonds is 15. The fraction of sp³-hybridized carbons (Fsp3) is 1.00. The topological polar surface area (TPSA) is 55.4 Å². The molecule has 0 atom stereocenters. The van der Waals surface area contributed by atoms with Crippen LogP contribution in [-0.4, -0.2) is 66.4 Å². The molecule has 0 bridgehead atoms. The molecule has 6 nitrogen and oxygen atoms in total. The van der Waals surface area contributed by atoms with Gasteiger partial charge in [0.1, 0.15) is 0 Å². The van der Waals surface area contributed by atoms with Crippen LogP contribution in [0, 0.1) is 0 Å². The van der Waals surface area contributed by atoms with Crippen LogP contribution in [0.2, 0.25) is 0 Å². The van der Waals surface area contributed by atoms with E-state index in [2.05, 4.69) is 0 Å². The second kappa shape index (κ2) is 27.6. The normalized spacial score (nSPS) is 9.75. The van der Waals surface area contributed by atoms with E-state index in [9.17, 15) is 0 Å². The largest absolute Gasteiger partial charge is 0.382 e. The lowest BCUT2D eigenvalue weighted by atomic mass is 10.5. The minimum atomic E-state index is -0.571. The van der Waals surface area contributed by atoms with Gasteiger partial charge in [-0.05, 0) is 12.8 Å². The highest BCUT2D eigenvalue weighted by Crippen LogP contribution is 2.10. The Balaban J connectivity index is -0.000000301. The van der Waals surface area contributed by atoms with Gasteiger partial charge in [-0.1, -0.05) is 43.6 Å². The molecule has 0 aromatic rings. The average Bonchev–Trinajstić information content (AvgIpc) is 2.46. The van der Waals surface area contributed by atoms with Crippen molar-refractivity contribution in [1.29, 1.82) is 0 Å². The Morgan fingerprint density at radius 1 is 0.500 bits per heavy atom. The van der Waals surface area contributed by atoms with Crippen LogP contribution in [0.5, 0.6) is 0 Å². The van der Waals surface area contributed by atoms with Crippen LogP contribution in [0.1, 0.15) is 56.4 Å². The van der Waals surface area contributed by atoms with Crippen molar-refractivity contribution in [2.24, 2.45) is 0 Å². The van der Waals surface area contributed by atoms with E-state index in [1.54, 1.807) is 14.2 Å². The van der Waals surface area contributed by atoms with Gasteiger partial charge in [0.2, 0.25) is 12.6 Å². The van der Waals surface area contributed by atoms with Gasteiger partial charge in [0, 0.05) is 27.4 Å². The van der Waals surface area contributed by atoms with Crippen LogP contribution >= 0.6 is 0 Å². The summed E-state index contributed by atoms with van der Waals surface area (Å²) in [5, 5.41) is 0.